The molecular formula is C33H44N4O7. The Balaban J connectivity index is 2.51. The van der Waals surface area contributed by atoms with Crippen molar-refractivity contribution in [3.63, 3.8) is 0 Å². The zero-order valence-corrected chi connectivity index (χ0v) is 26.5. The van der Waals surface area contributed by atoms with Crippen molar-refractivity contribution in [1.29, 1.82) is 0 Å². The molecule has 0 aromatic heterocycles. The Hall–Kier alpha value is -4.67. The highest BCUT2D eigenvalue weighted by Gasteiger charge is 2.37. The minimum absolute atomic E-state index is 0.128. The van der Waals surface area contributed by atoms with Crippen LogP contribution in [0.25, 0.3) is 6.08 Å². The average molecular weight is 609 g/mol. The maximum Gasteiger partial charge on any atom is 0.408 e. The number of benzene rings is 2. The van der Waals surface area contributed by atoms with Gasteiger partial charge in [0.15, 0.2) is 0 Å². The fourth-order valence-corrected chi connectivity index (χ4v) is 4.30. The zero-order valence-electron chi connectivity index (χ0n) is 26.5. The zero-order chi connectivity index (χ0) is 33.2. The van der Waals surface area contributed by atoms with Crippen molar-refractivity contribution in [2.75, 3.05) is 7.05 Å². The fraction of sp³-hybridized carbons (Fsp3) is 0.424. The highest BCUT2D eigenvalue weighted by molar-refractivity contribution is 5.95. The van der Waals surface area contributed by atoms with Crippen molar-refractivity contribution in [3.05, 3.63) is 77.9 Å². The molecule has 0 aliphatic rings. The molecule has 0 bridgehead atoms. The van der Waals surface area contributed by atoms with Crippen LogP contribution in [-0.4, -0.2) is 65.0 Å². The number of ether oxygens (including phenoxy) is 2. The molecule has 238 valence electrons. The summed E-state index contributed by atoms with van der Waals surface area (Å²) in [4.78, 5) is 66.7. The van der Waals surface area contributed by atoms with Gasteiger partial charge in [-0.2, -0.15) is 0 Å². The lowest BCUT2D eigenvalue weighted by Crippen LogP contribution is -2.54. The standard InChI is InChI=1S/C33H44N4O7/c1-9-21-16-13-17-23(18-21)27(37(8)29(40)24(20-26(34)38)36-31(42)44-33(5,6)7)28(39)35-25(30(41)43-32(2,3)4)19-22-14-11-10-12-15-22/h9-18,24-25,27H,1,19-20H2,2-8H3,(H2,34,38)(H,35,39)(H,36,42). The van der Waals surface area contributed by atoms with E-state index in [0.29, 0.717) is 11.1 Å². The summed E-state index contributed by atoms with van der Waals surface area (Å²) >= 11 is 0. The molecule has 11 heteroatoms. The van der Waals surface area contributed by atoms with Gasteiger partial charge in [0.05, 0.1) is 6.42 Å². The topological polar surface area (TPSA) is 157 Å². The van der Waals surface area contributed by atoms with Crippen LogP contribution >= 0.6 is 0 Å². The summed E-state index contributed by atoms with van der Waals surface area (Å²) in [7, 11) is 1.36. The average Bonchev–Trinajstić information content (AvgIpc) is 2.90. The highest BCUT2D eigenvalue weighted by Crippen LogP contribution is 2.24. The molecule has 0 aliphatic carbocycles. The maximum absolute atomic E-state index is 14.1. The first kappa shape index (κ1) is 35.5. The van der Waals surface area contributed by atoms with E-state index in [4.69, 9.17) is 15.2 Å². The number of rotatable bonds is 12. The second-order valence-corrected chi connectivity index (χ2v) is 12.4. The van der Waals surface area contributed by atoms with Crippen molar-refractivity contribution in [2.45, 2.75) is 83.7 Å². The number of nitrogens with zero attached hydrogens (tertiary/aromatic N) is 1. The first-order valence-corrected chi connectivity index (χ1v) is 14.2. The van der Waals surface area contributed by atoms with Crippen LogP contribution in [0, 0.1) is 0 Å². The van der Waals surface area contributed by atoms with Crippen molar-refractivity contribution >= 4 is 35.9 Å². The SMILES string of the molecule is C=Cc1cccc(C(C(=O)NC(Cc2ccccc2)C(=O)OC(C)(C)C)N(C)C(=O)C(CC(N)=O)NC(=O)OC(C)(C)C)c1. The number of primary amides is 1. The monoisotopic (exact) mass is 608 g/mol. The van der Waals surface area contributed by atoms with E-state index in [9.17, 15) is 24.0 Å². The summed E-state index contributed by atoms with van der Waals surface area (Å²) in [5.41, 5.74) is 5.55. The molecule has 0 saturated carbocycles. The number of esters is 1. The number of nitrogens with one attached hydrogen (secondary N) is 2. The largest absolute Gasteiger partial charge is 0.458 e. The molecule has 2 rings (SSSR count). The number of hydrogen-bond acceptors (Lipinski definition) is 7. The van der Waals surface area contributed by atoms with Gasteiger partial charge in [-0.3, -0.25) is 14.4 Å². The van der Waals surface area contributed by atoms with Gasteiger partial charge < -0.3 is 30.7 Å². The lowest BCUT2D eigenvalue weighted by molar-refractivity contribution is -0.159. The van der Waals surface area contributed by atoms with Crippen molar-refractivity contribution in [2.24, 2.45) is 5.73 Å². The molecule has 0 radical (unpaired) electrons. The number of carbonyl (C=O) groups is 5. The minimum atomic E-state index is -1.43. The van der Waals surface area contributed by atoms with E-state index in [1.54, 1.807) is 71.9 Å². The third kappa shape index (κ3) is 11.5. The van der Waals surface area contributed by atoms with E-state index in [-0.39, 0.29) is 6.42 Å². The van der Waals surface area contributed by atoms with Crippen molar-refractivity contribution in [1.82, 2.24) is 15.5 Å². The van der Waals surface area contributed by atoms with Crippen LogP contribution in [0.1, 0.15) is 70.7 Å². The summed E-state index contributed by atoms with van der Waals surface area (Å²) in [5, 5.41) is 5.17. The molecule has 11 nitrogen and oxygen atoms in total. The lowest BCUT2D eigenvalue weighted by atomic mass is 9.99. The second kappa shape index (κ2) is 15.2. The van der Waals surface area contributed by atoms with Gasteiger partial charge in [0.25, 0.3) is 0 Å². The first-order chi connectivity index (χ1) is 20.4. The summed E-state index contributed by atoms with van der Waals surface area (Å²) in [6.45, 7) is 13.9. The van der Waals surface area contributed by atoms with Crippen LogP contribution < -0.4 is 16.4 Å². The Morgan fingerprint density at radius 3 is 2.05 bits per heavy atom. The molecule has 4 amide bonds. The summed E-state index contributed by atoms with van der Waals surface area (Å²) in [6.07, 6.45) is 0.230. The van der Waals surface area contributed by atoms with E-state index in [0.717, 1.165) is 10.5 Å². The lowest BCUT2D eigenvalue weighted by Gasteiger charge is -2.32. The van der Waals surface area contributed by atoms with E-state index in [1.807, 2.05) is 30.3 Å². The molecule has 4 N–H and O–H groups in total. The molecule has 2 aromatic carbocycles. The second-order valence-electron chi connectivity index (χ2n) is 12.4. The summed E-state index contributed by atoms with van der Waals surface area (Å²) in [6, 6.07) is 12.1. The van der Waals surface area contributed by atoms with Gasteiger partial charge in [0.1, 0.15) is 29.3 Å². The molecule has 0 saturated heterocycles. The molecule has 0 fully saturated rings. The van der Waals surface area contributed by atoms with Gasteiger partial charge in [-0.1, -0.05) is 61.2 Å². The van der Waals surface area contributed by atoms with Crippen LogP contribution in [0.4, 0.5) is 4.79 Å². The highest BCUT2D eigenvalue weighted by atomic mass is 16.6. The number of hydrogen-bond donors (Lipinski definition) is 3. The van der Waals surface area contributed by atoms with Crippen LogP contribution in [0.3, 0.4) is 0 Å². The predicted octanol–water partition coefficient (Wildman–Crippen LogP) is 3.67. The number of likely N-dealkylation sites (N-methyl/N-ethyl adjacent to an activating group) is 1. The third-order valence-electron chi connectivity index (χ3n) is 6.13. The number of nitrogens with two attached hydrogens (primary N) is 1. The van der Waals surface area contributed by atoms with E-state index in [2.05, 4.69) is 17.2 Å². The van der Waals surface area contributed by atoms with Gasteiger partial charge >= 0.3 is 12.1 Å². The fourth-order valence-electron chi connectivity index (χ4n) is 4.30. The van der Waals surface area contributed by atoms with Crippen molar-refractivity contribution in [3.8, 4) is 0 Å². The molecule has 0 heterocycles. The van der Waals surface area contributed by atoms with E-state index < -0.39 is 65.5 Å². The first-order valence-electron chi connectivity index (χ1n) is 14.2. The maximum atomic E-state index is 14.1. The third-order valence-corrected chi connectivity index (χ3v) is 6.13. The number of alkyl carbamates (subject to hydrolysis) is 1. The molecule has 3 unspecified atom stereocenters. The van der Waals surface area contributed by atoms with Gasteiger partial charge in [-0.25, -0.2) is 9.59 Å². The van der Waals surface area contributed by atoms with Gasteiger partial charge in [-0.05, 0) is 64.3 Å². The molecule has 0 aliphatic heterocycles. The molecular weight excluding hydrogens is 564 g/mol. The van der Waals surface area contributed by atoms with Gasteiger partial charge in [-0.15, -0.1) is 0 Å². The van der Waals surface area contributed by atoms with E-state index in [1.165, 1.54) is 7.05 Å². The normalized spacial score (nSPS) is 13.4. The smallest absolute Gasteiger partial charge is 0.408 e. The van der Waals surface area contributed by atoms with E-state index >= 15 is 0 Å². The Bertz CT molecular complexity index is 1350. The van der Waals surface area contributed by atoms with Crippen LogP contribution in [-0.2, 0) is 35.1 Å². The Kier molecular flexibility index (Phi) is 12.3. The Morgan fingerprint density at radius 2 is 1.50 bits per heavy atom. The summed E-state index contributed by atoms with van der Waals surface area (Å²) < 4.78 is 10.9. The molecule has 0 spiro atoms. The van der Waals surface area contributed by atoms with Crippen LogP contribution in [0.2, 0.25) is 0 Å². The Labute approximate surface area is 259 Å². The van der Waals surface area contributed by atoms with Gasteiger partial charge in [0, 0.05) is 13.5 Å². The number of amides is 4. The molecule has 3 atom stereocenters. The van der Waals surface area contributed by atoms with Crippen molar-refractivity contribution < 1.29 is 33.4 Å². The van der Waals surface area contributed by atoms with Crippen LogP contribution in [0.15, 0.2) is 61.2 Å². The predicted molar refractivity (Wildman–Crippen MR) is 167 cm³/mol. The quantitative estimate of drug-likeness (QED) is 0.310. The Morgan fingerprint density at radius 1 is 0.886 bits per heavy atom. The molecule has 44 heavy (non-hydrogen) atoms. The van der Waals surface area contributed by atoms with Crippen LogP contribution in [0.5, 0.6) is 0 Å². The summed E-state index contributed by atoms with van der Waals surface area (Å²) in [5.74, 6) is -2.98. The number of carbonyl (C=O) groups excluding carboxylic acids is 5. The molecule has 2 aromatic rings. The minimum Gasteiger partial charge on any atom is -0.458 e. The van der Waals surface area contributed by atoms with Gasteiger partial charge in [0.2, 0.25) is 17.7 Å².